The standard InChI is InChI=1S/C13H20N4O3/c1-7(13(19)20)10-4-17(5-10)6-11(18)14-12-8(2)15-16-9(12)3/h7,10H,4-6H2,1-3H3,(H,14,18)(H,15,16)(H,19,20). The number of carbonyl (C=O) groups is 2. The Hall–Kier alpha value is -1.89. The van der Waals surface area contributed by atoms with Crippen molar-refractivity contribution in [1.82, 2.24) is 15.1 Å². The van der Waals surface area contributed by atoms with Gasteiger partial charge in [-0.05, 0) is 19.8 Å². The predicted octanol–water partition coefficient (Wildman–Crippen LogP) is 0.618. The molecule has 0 spiro atoms. The molecule has 3 N–H and O–H groups in total. The molecule has 0 aliphatic carbocycles. The normalized spacial score (nSPS) is 17.6. The van der Waals surface area contributed by atoms with E-state index in [2.05, 4.69) is 15.5 Å². The number of rotatable bonds is 5. The number of likely N-dealkylation sites (tertiary alicyclic amines) is 1. The molecule has 1 aromatic rings. The molecule has 1 aliphatic rings. The number of carboxylic acids is 1. The maximum Gasteiger partial charge on any atom is 0.306 e. The first-order chi connectivity index (χ1) is 9.38. The van der Waals surface area contributed by atoms with Gasteiger partial charge in [0.05, 0.1) is 29.5 Å². The second-order valence-corrected chi connectivity index (χ2v) is 5.44. The van der Waals surface area contributed by atoms with Crippen molar-refractivity contribution in [1.29, 1.82) is 0 Å². The Morgan fingerprint density at radius 2 is 2.15 bits per heavy atom. The third kappa shape index (κ3) is 2.98. The Labute approximate surface area is 117 Å². The summed E-state index contributed by atoms with van der Waals surface area (Å²) in [5, 5.41) is 18.6. The summed E-state index contributed by atoms with van der Waals surface area (Å²) < 4.78 is 0. The van der Waals surface area contributed by atoms with Crippen molar-refractivity contribution in [3.05, 3.63) is 11.4 Å². The quantitative estimate of drug-likeness (QED) is 0.734. The molecule has 1 amide bonds. The second-order valence-electron chi connectivity index (χ2n) is 5.44. The highest BCUT2D eigenvalue weighted by Gasteiger charge is 2.35. The second kappa shape index (κ2) is 5.62. The van der Waals surface area contributed by atoms with Gasteiger partial charge in [0.25, 0.3) is 0 Å². The van der Waals surface area contributed by atoms with E-state index in [1.165, 1.54) is 0 Å². The van der Waals surface area contributed by atoms with Crippen LogP contribution in [0, 0.1) is 25.7 Å². The predicted molar refractivity (Wildman–Crippen MR) is 73.4 cm³/mol. The minimum Gasteiger partial charge on any atom is -0.481 e. The van der Waals surface area contributed by atoms with Gasteiger partial charge in [-0.3, -0.25) is 19.6 Å². The molecule has 7 heteroatoms. The molecule has 7 nitrogen and oxygen atoms in total. The van der Waals surface area contributed by atoms with Gasteiger partial charge in [0.15, 0.2) is 0 Å². The highest BCUT2D eigenvalue weighted by Crippen LogP contribution is 2.24. The number of anilines is 1. The minimum absolute atomic E-state index is 0.0981. The van der Waals surface area contributed by atoms with Crippen LogP contribution in [0.25, 0.3) is 0 Å². The van der Waals surface area contributed by atoms with Crippen LogP contribution in [0.3, 0.4) is 0 Å². The van der Waals surface area contributed by atoms with Crippen molar-refractivity contribution >= 4 is 17.6 Å². The van der Waals surface area contributed by atoms with Crippen LogP contribution in [0.4, 0.5) is 5.69 Å². The zero-order valence-corrected chi connectivity index (χ0v) is 11.9. The van der Waals surface area contributed by atoms with Crippen LogP contribution in [0.15, 0.2) is 0 Å². The van der Waals surface area contributed by atoms with E-state index in [1.807, 2.05) is 18.7 Å². The monoisotopic (exact) mass is 280 g/mol. The topological polar surface area (TPSA) is 98.3 Å². The fraction of sp³-hybridized carbons (Fsp3) is 0.615. The summed E-state index contributed by atoms with van der Waals surface area (Å²) in [4.78, 5) is 24.7. The lowest BCUT2D eigenvalue weighted by Gasteiger charge is -2.40. The molecule has 1 saturated heterocycles. The van der Waals surface area contributed by atoms with Crippen molar-refractivity contribution < 1.29 is 14.7 Å². The van der Waals surface area contributed by atoms with Crippen LogP contribution in [-0.4, -0.2) is 51.7 Å². The molecule has 0 saturated carbocycles. The molecule has 0 bridgehead atoms. The van der Waals surface area contributed by atoms with Crippen LogP contribution in [-0.2, 0) is 9.59 Å². The molecule has 1 aliphatic heterocycles. The number of aryl methyl sites for hydroxylation is 2. The maximum atomic E-state index is 11.9. The number of carbonyl (C=O) groups excluding carboxylic acids is 1. The van der Waals surface area contributed by atoms with Crippen molar-refractivity contribution in [2.24, 2.45) is 11.8 Å². The van der Waals surface area contributed by atoms with Gasteiger partial charge in [-0.25, -0.2) is 0 Å². The molecule has 20 heavy (non-hydrogen) atoms. The van der Waals surface area contributed by atoms with Crippen LogP contribution < -0.4 is 5.32 Å². The first-order valence-electron chi connectivity index (χ1n) is 6.65. The third-order valence-corrected chi connectivity index (χ3v) is 3.84. The summed E-state index contributed by atoms with van der Waals surface area (Å²) >= 11 is 0. The largest absolute Gasteiger partial charge is 0.481 e. The Bertz CT molecular complexity index is 500. The summed E-state index contributed by atoms with van der Waals surface area (Å²) in [6, 6.07) is 0. The average Bonchev–Trinajstić information content (AvgIpc) is 2.64. The van der Waals surface area contributed by atoms with Gasteiger partial charge in [-0.15, -0.1) is 0 Å². The fourth-order valence-corrected chi connectivity index (χ4v) is 2.37. The lowest BCUT2D eigenvalue weighted by molar-refractivity contribution is -0.145. The number of aromatic amines is 1. The van der Waals surface area contributed by atoms with E-state index in [1.54, 1.807) is 6.92 Å². The van der Waals surface area contributed by atoms with Gasteiger partial charge in [-0.1, -0.05) is 6.92 Å². The Morgan fingerprint density at radius 1 is 1.50 bits per heavy atom. The fourth-order valence-electron chi connectivity index (χ4n) is 2.37. The van der Waals surface area contributed by atoms with Gasteiger partial charge < -0.3 is 10.4 Å². The number of nitrogens with zero attached hydrogens (tertiary/aromatic N) is 2. The van der Waals surface area contributed by atoms with Gasteiger partial charge in [0.1, 0.15) is 0 Å². The number of hydrogen-bond acceptors (Lipinski definition) is 4. The number of hydrogen-bond donors (Lipinski definition) is 3. The molecule has 1 unspecified atom stereocenters. The van der Waals surface area contributed by atoms with E-state index in [-0.39, 0.29) is 24.3 Å². The summed E-state index contributed by atoms with van der Waals surface area (Å²) in [5.74, 6) is -1.09. The van der Waals surface area contributed by atoms with Crippen molar-refractivity contribution in [3.63, 3.8) is 0 Å². The van der Waals surface area contributed by atoms with E-state index < -0.39 is 5.97 Å². The number of H-pyrrole nitrogens is 1. The summed E-state index contributed by atoms with van der Waals surface area (Å²) in [7, 11) is 0. The van der Waals surface area contributed by atoms with Crippen LogP contribution >= 0.6 is 0 Å². The van der Waals surface area contributed by atoms with Crippen LogP contribution in [0.5, 0.6) is 0 Å². The molecular formula is C13H20N4O3. The first kappa shape index (κ1) is 14.5. The molecule has 2 heterocycles. The highest BCUT2D eigenvalue weighted by molar-refractivity contribution is 5.93. The molecule has 1 aromatic heterocycles. The van der Waals surface area contributed by atoms with Crippen molar-refractivity contribution in [3.8, 4) is 0 Å². The molecule has 1 atom stereocenters. The van der Waals surface area contributed by atoms with E-state index in [4.69, 9.17) is 5.11 Å². The highest BCUT2D eigenvalue weighted by atomic mass is 16.4. The molecule has 0 radical (unpaired) electrons. The third-order valence-electron chi connectivity index (χ3n) is 3.84. The van der Waals surface area contributed by atoms with Gasteiger partial charge in [-0.2, -0.15) is 5.10 Å². The summed E-state index contributed by atoms with van der Waals surface area (Å²) in [5.41, 5.74) is 2.32. The number of aliphatic carboxylic acids is 1. The average molecular weight is 280 g/mol. The molecule has 2 rings (SSSR count). The zero-order valence-electron chi connectivity index (χ0n) is 11.9. The number of carboxylic acid groups (broad SMARTS) is 1. The molecule has 1 fully saturated rings. The Balaban J connectivity index is 1.79. The molecular weight excluding hydrogens is 260 g/mol. The van der Waals surface area contributed by atoms with Crippen molar-refractivity contribution in [2.45, 2.75) is 20.8 Å². The number of amides is 1. The molecule has 110 valence electrons. The molecule has 0 aromatic carbocycles. The SMILES string of the molecule is Cc1n[nH]c(C)c1NC(=O)CN1CC(C(C)C(=O)O)C1. The van der Waals surface area contributed by atoms with Crippen LogP contribution in [0.2, 0.25) is 0 Å². The smallest absolute Gasteiger partial charge is 0.306 e. The lowest BCUT2D eigenvalue weighted by Crippen LogP contribution is -2.53. The Kier molecular flexibility index (Phi) is 4.08. The van der Waals surface area contributed by atoms with Gasteiger partial charge in [0.2, 0.25) is 5.91 Å². The van der Waals surface area contributed by atoms with Gasteiger partial charge >= 0.3 is 5.97 Å². The zero-order chi connectivity index (χ0) is 14.9. The van der Waals surface area contributed by atoms with E-state index >= 15 is 0 Å². The van der Waals surface area contributed by atoms with Crippen LogP contribution in [0.1, 0.15) is 18.3 Å². The maximum absolute atomic E-state index is 11.9. The number of aromatic nitrogens is 2. The van der Waals surface area contributed by atoms with Gasteiger partial charge in [0, 0.05) is 13.1 Å². The number of nitrogens with one attached hydrogen (secondary N) is 2. The summed E-state index contributed by atoms with van der Waals surface area (Å²) in [6.07, 6.45) is 0. The van der Waals surface area contributed by atoms with E-state index in [0.29, 0.717) is 13.1 Å². The minimum atomic E-state index is -0.774. The van der Waals surface area contributed by atoms with Crippen molar-refractivity contribution in [2.75, 3.05) is 25.0 Å². The Morgan fingerprint density at radius 3 is 2.65 bits per heavy atom. The summed E-state index contributed by atoms with van der Waals surface area (Å²) in [6.45, 7) is 6.99. The van der Waals surface area contributed by atoms with E-state index in [9.17, 15) is 9.59 Å². The first-order valence-corrected chi connectivity index (χ1v) is 6.65. The van der Waals surface area contributed by atoms with E-state index in [0.717, 1.165) is 17.1 Å². The lowest BCUT2D eigenvalue weighted by atomic mass is 9.87.